The van der Waals surface area contributed by atoms with Crippen LogP contribution in [0.4, 0.5) is 36.2 Å². The van der Waals surface area contributed by atoms with E-state index in [0.29, 0.717) is 50.2 Å². The number of amides is 1. The Balaban J connectivity index is 1.33. The van der Waals surface area contributed by atoms with Gasteiger partial charge in [-0.3, -0.25) is 9.59 Å². The predicted molar refractivity (Wildman–Crippen MR) is 126 cm³/mol. The summed E-state index contributed by atoms with van der Waals surface area (Å²) in [5, 5.41) is 11.9. The fourth-order valence-corrected chi connectivity index (χ4v) is 3.87. The Morgan fingerprint density at radius 2 is 1.76 bits per heavy atom. The van der Waals surface area contributed by atoms with Gasteiger partial charge in [-0.05, 0) is 44.7 Å². The molecule has 0 saturated heterocycles. The van der Waals surface area contributed by atoms with Gasteiger partial charge in [0.15, 0.2) is 11.6 Å². The number of nitrogens with two attached hydrogens (primary N) is 1. The van der Waals surface area contributed by atoms with Gasteiger partial charge in [-0.15, -0.1) is 5.10 Å². The molecule has 13 heteroatoms. The number of hydrogen-bond donors (Lipinski definition) is 3. The van der Waals surface area contributed by atoms with Crippen LogP contribution in [0.1, 0.15) is 43.3 Å². The Hall–Kier alpha value is -4.29. The van der Waals surface area contributed by atoms with Crippen molar-refractivity contribution in [2.75, 3.05) is 23.0 Å². The van der Waals surface area contributed by atoms with Crippen LogP contribution in [-0.2, 0) is 9.53 Å². The lowest BCUT2D eigenvalue weighted by Gasteiger charge is -2.28. The number of rotatable bonds is 8. The number of nitrogen functional groups attached to an aromatic ring is 1. The number of aromatic nitrogens is 2. The molecule has 0 radical (unpaired) electrons. The molecular weight excluding hydrogens is 495 g/mol. The number of anilines is 4. The summed E-state index contributed by atoms with van der Waals surface area (Å²) in [4.78, 5) is 24.4. The van der Waals surface area contributed by atoms with E-state index in [9.17, 15) is 22.8 Å². The Morgan fingerprint density at radius 1 is 1.03 bits per heavy atom. The van der Waals surface area contributed by atoms with Gasteiger partial charge in [0.05, 0.1) is 35.7 Å². The number of halogens is 3. The molecule has 0 atom stereocenters. The fourth-order valence-electron chi connectivity index (χ4n) is 3.87. The number of nitrogens with one attached hydrogen (secondary N) is 2. The average molecular weight is 519 g/mol. The molecule has 1 aromatic heterocycles. The highest BCUT2D eigenvalue weighted by molar-refractivity contribution is 6.02. The van der Waals surface area contributed by atoms with Gasteiger partial charge in [0.25, 0.3) is 0 Å². The summed E-state index contributed by atoms with van der Waals surface area (Å²) in [6.45, 7) is 2.14. The van der Waals surface area contributed by atoms with Crippen molar-refractivity contribution in [2.45, 2.75) is 38.7 Å². The summed E-state index contributed by atoms with van der Waals surface area (Å²) in [5.41, 5.74) is 6.07. The minimum Gasteiger partial charge on any atom is -0.490 e. The number of carbonyl (C=O) groups excluding carboxylic acids is 2. The first kappa shape index (κ1) is 25.8. The van der Waals surface area contributed by atoms with Gasteiger partial charge >= 0.3 is 23.8 Å². The smallest absolute Gasteiger partial charge is 0.320 e. The van der Waals surface area contributed by atoms with Crippen molar-refractivity contribution >= 4 is 35.0 Å². The number of carbonyl (C=O) groups is 2. The molecule has 1 fully saturated rings. The van der Waals surface area contributed by atoms with Crippen LogP contribution in [0.2, 0.25) is 0 Å². The summed E-state index contributed by atoms with van der Waals surface area (Å²) in [5.74, 6) is -4.80. The first-order valence-electron chi connectivity index (χ1n) is 11.5. The second-order valence-corrected chi connectivity index (χ2v) is 8.33. The molecular formula is C24H24F3N5O5. The van der Waals surface area contributed by atoms with E-state index in [2.05, 4.69) is 20.8 Å². The zero-order valence-electron chi connectivity index (χ0n) is 19.7. The van der Waals surface area contributed by atoms with Gasteiger partial charge in [-0.25, -0.2) is 13.2 Å². The molecule has 1 aliphatic rings. The number of nitrogens with zero attached hydrogens (tertiary/aromatic N) is 2. The quantitative estimate of drug-likeness (QED) is 0.222. The molecule has 37 heavy (non-hydrogen) atoms. The minimum atomic E-state index is -1.36. The zero-order chi connectivity index (χ0) is 26.5. The molecule has 0 bridgehead atoms. The monoisotopic (exact) mass is 519 g/mol. The summed E-state index contributed by atoms with van der Waals surface area (Å²) in [6.07, 6.45) is 2.68. The highest BCUT2D eigenvalue weighted by atomic mass is 19.2. The third-order valence-corrected chi connectivity index (χ3v) is 5.74. The number of benzene rings is 2. The van der Waals surface area contributed by atoms with E-state index in [0.717, 1.165) is 0 Å². The van der Waals surface area contributed by atoms with Crippen molar-refractivity contribution in [3.8, 4) is 5.75 Å². The van der Waals surface area contributed by atoms with E-state index >= 15 is 0 Å². The SMILES string of the molecule is CCOC(=O)C1CCC(Oc2ccc(NC(=O)c3nnc(Nc4cc(F)c(F)cc4F)o3)c(N)c2)CC1. The zero-order valence-corrected chi connectivity index (χ0v) is 19.7. The fraction of sp³-hybridized carbons (Fsp3) is 0.333. The third-order valence-electron chi connectivity index (χ3n) is 5.74. The normalized spacial score (nSPS) is 17.2. The summed E-state index contributed by atoms with van der Waals surface area (Å²) in [6, 6.07) is 5.25. The summed E-state index contributed by atoms with van der Waals surface area (Å²) in [7, 11) is 0. The van der Waals surface area contributed by atoms with Crippen LogP contribution in [-0.4, -0.2) is 34.8 Å². The van der Waals surface area contributed by atoms with Crippen LogP contribution >= 0.6 is 0 Å². The lowest BCUT2D eigenvalue weighted by atomic mass is 9.87. The molecule has 0 spiro atoms. The van der Waals surface area contributed by atoms with Gasteiger partial charge in [-0.2, -0.15) is 0 Å². The van der Waals surface area contributed by atoms with Crippen molar-refractivity contribution in [1.29, 1.82) is 0 Å². The largest absolute Gasteiger partial charge is 0.490 e. The predicted octanol–water partition coefficient (Wildman–Crippen LogP) is 4.57. The van der Waals surface area contributed by atoms with Crippen molar-refractivity contribution in [3.63, 3.8) is 0 Å². The first-order valence-corrected chi connectivity index (χ1v) is 11.5. The summed E-state index contributed by atoms with van der Waals surface area (Å²) >= 11 is 0. The molecule has 0 aliphatic heterocycles. The average Bonchev–Trinajstić information content (AvgIpc) is 3.33. The van der Waals surface area contributed by atoms with Crippen LogP contribution in [0.3, 0.4) is 0 Å². The van der Waals surface area contributed by atoms with Crippen molar-refractivity contribution in [2.24, 2.45) is 5.92 Å². The van der Waals surface area contributed by atoms with E-state index < -0.39 is 41.0 Å². The molecule has 3 aromatic rings. The Labute approximate surface area is 209 Å². The third kappa shape index (κ3) is 6.29. The van der Waals surface area contributed by atoms with E-state index in [1.54, 1.807) is 25.1 Å². The van der Waals surface area contributed by atoms with Gasteiger partial charge in [0.2, 0.25) is 0 Å². The molecule has 4 N–H and O–H groups in total. The lowest BCUT2D eigenvalue weighted by Crippen LogP contribution is -2.29. The standard InChI is InChI=1S/C24H24F3N5O5/c1-2-35-23(34)12-3-5-13(6-4-12)36-14-7-8-19(18(28)9-14)29-21(33)22-31-32-24(37-22)30-20-11-16(26)15(25)10-17(20)27/h7-13H,2-6,28H2,1H3,(H,29,33)(H,30,32). The van der Waals surface area contributed by atoms with E-state index in [4.69, 9.17) is 19.6 Å². The minimum absolute atomic E-state index is 0.0748. The molecule has 1 aliphatic carbocycles. The Kier molecular flexibility index (Phi) is 7.80. The second kappa shape index (κ2) is 11.2. The molecule has 4 rings (SSSR count). The molecule has 1 amide bonds. The number of ether oxygens (including phenoxy) is 2. The maximum Gasteiger partial charge on any atom is 0.320 e. The molecule has 10 nitrogen and oxygen atoms in total. The van der Waals surface area contributed by atoms with Crippen LogP contribution in [0.25, 0.3) is 0 Å². The van der Waals surface area contributed by atoms with Crippen LogP contribution in [0, 0.1) is 23.4 Å². The highest BCUT2D eigenvalue weighted by Gasteiger charge is 2.28. The van der Waals surface area contributed by atoms with Gasteiger partial charge in [0.1, 0.15) is 11.6 Å². The Morgan fingerprint density at radius 3 is 2.46 bits per heavy atom. The maximum absolute atomic E-state index is 13.8. The van der Waals surface area contributed by atoms with Crippen molar-refractivity contribution in [3.05, 3.63) is 53.7 Å². The van der Waals surface area contributed by atoms with Gasteiger partial charge < -0.3 is 30.3 Å². The summed E-state index contributed by atoms with van der Waals surface area (Å²) < 4.78 is 56.4. The first-order chi connectivity index (χ1) is 17.7. The second-order valence-electron chi connectivity index (χ2n) is 8.33. The number of hydrogen-bond acceptors (Lipinski definition) is 9. The van der Waals surface area contributed by atoms with Crippen LogP contribution < -0.4 is 21.1 Å². The van der Waals surface area contributed by atoms with Crippen LogP contribution in [0.15, 0.2) is 34.7 Å². The van der Waals surface area contributed by atoms with Crippen molar-refractivity contribution < 1.29 is 36.7 Å². The molecule has 1 heterocycles. The topological polar surface area (TPSA) is 142 Å². The maximum atomic E-state index is 13.8. The molecule has 196 valence electrons. The molecule has 0 unspecified atom stereocenters. The van der Waals surface area contributed by atoms with E-state index in [1.165, 1.54) is 0 Å². The van der Waals surface area contributed by atoms with Gasteiger partial charge in [-0.1, -0.05) is 5.10 Å². The van der Waals surface area contributed by atoms with Gasteiger partial charge in [0, 0.05) is 18.2 Å². The lowest BCUT2D eigenvalue weighted by molar-refractivity contribution is -0.149. The van der Waals surface area contributed by atoms with Crippen LogP contribution in [0.5, 0.6) is 5.75 Å². The van der Waals surface area contributed by atoms with Crippen molar-refractivity contribution in [1.82, 2.24) is 10.2 Å². The highest BCUT2D eigenvalue weighted by Crippen LogP contribution is 2.31. The molecule has 2 aromatic carbocycles. The van der Waals surface area contributed by atoms with E-state index in [-0.39, 0.29) is 29.4 Å². The molecule has 1 saturated carbocycles. The Bertz CT molecular complexity index is 1290. The number of esters is 1. The van der Waals surface area contributed by atoms with E-state index in [1.807, 2.05) is 0 Å².